The van der Waals surface area contributed by atoms with E-state index in [-0.39, 0.29) is 12.5 Å². The normalized spacial score (nSPS) is 10.0. The fourth-order valence-electron chi connectivity index (χ4n) is 1.53. The number of methoxy groups -OCH3 is 1. The van der Waals surface area contributed by atoms with Crippen LogP contribution in [0.25, 0.3) is 0 Å². The number of hydrogen-bond donors (Lipinski definition) is 0. The molecule has 0 aliphatic carbocycles. The zero-order valence-corrected chi connectivity index (χ0v) is 12.5. The highest BCUT2D eigenvalue weighted by Crippen LogP contribution is 2.29. The van der Waals surface area contributed by atoms with Gasteiger partial charge in [0, 0.05) is 13.1 Å². The highest BCUT2D eigenvalue weighted by atomic mass is 79.9. The average Bonchev–Trinajstić information content (AvgIpc) is 2.38. The van der Waals surface area contributed by atoms with E-state index in [0.717, 1.165) is 10.2 Å². The third kappa shape index (κ3) is 3.91. The zero-order chi connectivity index (χ0) is 13.5. The Labute approximate surface area is 116 Å². The molecular weight excluding hydrogens is 298 g/mol. The summed E-state index contributed by atoms with van der Waals surface area (Å²) in [4.78, 5) is 13.5. The van der Waals surface area contributed by atoms with Gasteiger partial charge in [0.15, 0.2) is 6.61 Å². The minimum Gasteiger partial charge on any atom is -0.497 e. The fourth-order valence-corrected chi connectivity index (χ4v) is 2.00. The van der Waals surface area contributed by atoms with E-state index >= 15 is 0 Å². The average molecular weight is 316 g/mol. The van der Waals surface area contributed by atoms with E-state index in [1.54, 1.807) is 30.2 Å². The van der Waals surface area contributed by atoms with Gasteiger partial charge in [0.1, 0.15) is 11.5 Å². The second kappa shape index (κ2) is 7.26. The minimum atomic E-state index is -0.0114. The summed E-state index contributed by atoms with van der Waals surface area (Å²) in [7, 11) is 1.60. The molecule has 1 aromatic carbocycles. The molecule has 18 heavy (non-hydrogen) atoms. The molecule has 0 radical (unpaired) electrons. The quantitative estimate of drug-likeness (QED) is 0.810. The summed E-state index contributed by atoms with van der Waals surface area (Å²) in [6.07, 6.45) is 0. The van der Waals surface area contributed by atoms with Crippen molar-refractivity contribution in [3.05, 3.63) is 22.7 Å². The molecule has 1 rings (SSSR count). The van der Waals surface area contributed by atoms with Gasteiger partial charge in [-0.25, -0.2) is 0 Å². The van der Waals surface area contributed by atoms with Gasteiger partial charge < -0.3 is 14.4 Å². The molecule has 0 spiro atoms. The van der Waals surface area contributed by atoms with Crippen LogP contribution in [0.3, 0.4) is 0 Å². The first kappa shape index (κ1) is 14.8. The Morgan fingerprint density at radius 2 is 2.00 bits per heavy atom. The van der Waals surface area contributed by atoms with E-state index in [1.807, 2.05) is 13.8 Å². The molecule has 5 heteroatoms. The number of hydrogen-bond acceptors (Lipinski definition) is 3. The second-order valence-electron chi connectivity index (χ2n) is 3.65. The summed E-state index contributed by atoms with van der Waals surface area (Å²) in [6.45, 7) is 5.34. The van der Waals surface area contributed by atoms with E-state index < -0.39 is 0 Å². The third-order valence-electron chi connectivity index (χ3n) is 2.61. The van der Waals surface area contributed by atoms with Crippen LogP contribution < -0.4 is 9.47 Å². The highest BCUT2D eigenvalue weighted by molar-refractivity contribution is 9.10. The van der Waals surface area contributed by atoms with Crippen LogP contribution in [-0.4, -0.2) is 37.6 Å². The van der Waals surface area contributed by atoms with Crippen molar-refractivity contribution in [3.63, 3.8) is 0 Å². The van der Waals surface area contributed by atoms with Gasteiger partial charge in [-0.2, -0.15) is 0 Å². The molecule has 1 aromatic rings. The van der Waals surface area contributed by atoms with Gasteiger partial charge in [-0.1, -0.05) is 0 Å². The monoisotopic (exact) mass is 315 g/mol. The number of amides is 1. The van der Waals surface area contributed by atoms with Crippen molar-refractivity contribution in [3.8, 4) is 11.5 Å². The van der Waals surface area contributed by atoms with E-state index in [1.165, 1.54) is 0 Å². The Bertz CT molecular complexity index is 405. The lowest BCUT2D eigenvalue weighted by Gasteiger charge is -2.19. The molecule has 100 valence electrons. The number of halogens is 1. The summed E-state index contributed by atoms with van der Waals surface area (Å²) in [6, 6.07) is 5.37. The number of carbonyl (C=O) groups is 1. The molecule has 1 amide bonds. The Balaban J connectivity index is 2.61. The standard InChI is InChI=1S/C13H18BrNO3/c1-4-15(5-2)13(16)9-18-12-7-6-10(17-3)8-11(12)14/h6-8H,4-5,9H2,1-3H3. The second-order valence-corrected chi connectivity index (χ2v) is 4.51. The summed E-state index contributed by atoms with van der Waals surface area (Å²) in [5.41, 5.74) is 0. The molecule has 4 nitrogen and oxygen atoms in total. The summed E-state index contributed by atoms with van der Waals surface area (Å²) >= 11 is 3.38. The predicted molar refractivity (Wildman–Crippen MR) is 74.1 cm³/mol. The smallest absolute Gasteiger partial charge is 0.260 e. The lowest BCUT2D eigenvalue weighted by Crippen LogP contribution is -2.34. The summed E-state index contributed by atoms with van der Waals surface area (Å²) < 4.78 is 11.3. The van der Waals surface area contributed by atoms with Crippen molar-refractivity contribution < 1.29 is 14.3 Å². The molecule has 0 unspecified atom stereocenters. The van der Waals surface area contributed by atoms with Crippen LogP contribution in [0.2, 0.25) is 0 Å². The number of carbonyl (C=O) groups excluding carboxylic acids is 1. The van der Waals surface area contributed by atoms with Crippen LogP contribution in [0.1, 0.15) is 13.8 Å². The molecule has 0 fully saturated rings. The van der Waals surface area contributed by atoms with E-state index in [2.05, 4.69) is 15.9 Å². The highest BCUT2D eigenvalue weighted by Gasteiger charge is 2.11. The van der Waals surface area contributed by atoms with Gasteiger partial charge in [0.25, 0.3) is 5.91 Å². The molecule has 0 aliphatic rings. The van der Waals surface area contributed by atoms with Crippen LogP contribution in [0, 0.1) is 0 Å². The first-order valence-corrected chi connectivity index (χ1v) is 6.65. The van der Waals surface area contributed by atoms with E-state index in [0.29, 0.717) is 18.8 Å². The molecule has 0 saturated heterocycles. The van der Waals surface area contributed by atoms with Gasteiger partial charge in [-0.05, 0) is 48.0 Å². The molecule has 0 heterocycles. The van der Waals surface area contributed by atoms with Crippen LogP contribution >= 0.6 is 15.9 Å². The van der Waals surface area contributed by atoms with Gasteiger partial charge in [-0.15, -0.1) is 0 Å². The van der Waals surface area contributed by atoms with Gasteiger partial charge in [-0.3, -0.25) is 4.79 Å². The van der Waals surface area contributed by atoms with E-state index in [9.17, 15) is 4.79 Å². The first-order valence-electron chi connectivity index (χ1n) is 5.86. The SMILES string of the molecule is CCN(CC)C(=O)COc1ccc(OC)cc1Br. The summed E-state index contributed by atoms with van der Waals surface area (Å²) in [5, 5.41) is 0. The number of likely N-dealkylation sites (N-methyl/N-ethyl adjacent to an activating group) is 1. The molecule has 0 aliphatic heterocycles. The summed E-state index contributed by atoms with van der Waals surface area (Å²) in [5.74, 6) is 1.36. The maximum atomic E-state index is 11.8. The Kier molecular flexibility index (Phi) is 5.98. The van der Waals surface area contributed by atoms with Gasteiger partial charge >= 0.3 is 0 Å². The van der Waals surface area contributed by atoms with Crippen molar-refractivity contribution in [2.75, 3.05) is 26.8 Å². The van der Waals surface area contributed by atoms with Crippen LogP contribution in [-0.2, 0) is 4.79 Å². The van der Waals surface area contributed by atoms with Crippen molar-refractivity contribution >= 4 is 21.8 Å². The van der Waals surface area contributed by atoms with Gasteiger partial charge in [0.05, 0.1) is 11.6 Å². The maximum Gasteiger partial charge on any atom is 0.260 e. The molecule has 0 N–H and O–H groups in total. The van der Waals surface area contributed by atoms with Gasteiger partial charge in [0.2, 0.25) is 0 Å². The Hall–Kier alpha value is -1.23. The molecule has 0 aromatic heterocycles. The number of benzene rings is 1. The topological polar surface area (TPSA) is 38.8 Å². The minimum absolute atomic E-state index is 0.0114. The lowest BCUT2D eigenvalue weighted by atomic mass is 10.3. The number of rotatable bonds is 6. The van der Waals surface area contributed by atoms with Crippen LogP contribution in [0.15, 0.2) is 22.7 Å². The molecule has 0 bridgehead atoms. The molecule has 0 atom stereocenters. The number of nitrogens with zero attached hydrogens (tertiary/aromatic N) is 1. The van der Waals surface area contributed by atoms with Crippen molar-refractivity contribution in [2.24, 2.45) is 0 Å². The Morgan fingerprint density at radius 1 is 1.33 bits per heavy atom. The van der Waals surface area contributed by atoms with Crippen molar-refractivity contribution in [2.45, 2.75) is 13.8 Å². The third-order valence-corrected chi connectivity index (χ3v) is 3.23. The van der Waals surface area contributed by atoms with Crippen LogP contribution in [0.5, 0.6) is 11.5 Å². The predicted octanol–water partition coefficient (Wildman–Crippen LogP) is 2.70. The molecular formula is C13H18BrNO3. The maximum absolute atomic E-state index is 11.8. The zero-order valence-electron chi connectivity index (χ0n) is 10.9. The molecule has 0 saturated carbocycles. The van der Waals surface area contributed by atoms with Crippen molar-refractivity contribution in [1.82, 2.24) is 4.90 Å². The largest absolute Gasteiger partial charge is 0.497 e. The Morgan fingerprint density at radius 3 is 2.50 bits per heavy atom. The van der Waals surface area contributed by atoms with Crippen LogP contribution in [0.4, 0.5) is 0 Å². The number of ether oxygens (including phenoxy) is 2. The first-order chi connectivity index (χ1) is 8.62. The van der Waals surface area contributed by atoms with E-state index in [4.69, 9.17) is 9.47 Å². The lowest BCUT2D eigenvalue weighted by molar-refractivity contribution is -0.132. The van der Waals surface area contributed by atoms with Crippen molar-refractivity contribution in [1.29, 1.82) is 0 Å². The fraction of sp³-hybridized carbons (Fsp3) is 0.462.